The average molecular weight is 225 g/mol. The predicted molar refractivity (Wildman–Crippen MR) is 58.7 cm³/mol. The fourth-order valence-electron chi connectivity index (χ4n) is 1.23. The summed E-state index contributed by atoms with van der Waals surface area (Å²) in [6.45, 7) is 0.631. The molecule has 88 valence electrons. The van der Waals surface area contributed by atoms with Crippen LogP contribution in [0.5, 0.6) is 5.88 Å². The molecule has 0 radical (unpaired) electrons. The zero-order valence-electron chi connectivity index (χ0n) is 9.38. The Balaban J connectivity index is 2.51. The molecule has 0 atom stereocenters. The van der Waals surface area contributed by atoms with Crippen molar-refractivity contribution in [1.82, 2.24) is 9.97 Å². The summed E-state index contributed by atoms with van der Waals surface area (Å²) < 4.78 is 4.98. The van der Waals surface area contributed by atoms with E-state index in [1.807, 2.05) is 11.9 Å². The average Bonchev–Trinajstić information content (AvgIpc) is 2.28. The SMILES string of the molecule is COc1cc(N(C)CCCC(=O)O)ncn1. The molecule has 1 aromatic rings. The Morgan fingerprint density at radius 3 is 2.94 bits per heavy atom. The summed E-state index contributed by atoms with van der Waals surface area (Å²) >= 11 is 0. The molecule has 0 amide bonds. The number of rotatable bonds is 6. The van der Waals surface area contributed by atoms with Gasteiger partial charge in [0.25, 0.3) is 0 Å². The highest BCUT2D eigenvalue weighted by Gasteiger charge is 2.05. The summed E-state index contributed by atoms with van der Waals surface area (Å²) in [7, 11) is 3.39. The van der Waals surface area contributed by atoms with Crippen LogP contribution in [0.3, 0.4) is 0 Å². The molecule has 0 spiro atoms. The lowest BCUT2D eigenvalue weighted by molar-refractivity contribution is -0.137. The van der Waals surface area contributed by atoms with Crippen molar-refractivity contribution in [3.63, 3.8) is 0 Å². The van der Waals surface area contributed by atoms with Crippen LogP contribution < -0.4 is 9.64 Å². The molecule has 0 aliphatic carbocycles. The van der Waals surface area contributed by atoms with Crippen LogP contribution in [-0.4, -0.2) is 41.7 Å². The van der Waals surface area contributed by atoms with E-state index in [1.165, 1.54) is 13.4 Å². The number of hydrogen-bond donors (Lipinski definition) is 1. The quantitative estimate of drug-likeness (QED) is 0.771. The summed E-state index contributed by atoms with van der Waals surface area (Å²) in [6.07, 6.45) is 2.16. The van der Waals surface area contributed by atoms with Gasteiger partial charge in [0.05, 0.1) is 7.11 Å². The van der Waals surface area contributed by atoms with Gasteiger partial charge in [0, 0.05) is 26.1 Å². The maximum absolute atomic E-state index is 10.4. The normalized spacial score (nSPS) is 9.88. The largest absolute Gasteiger partial charge is 0.481 e. The van der Waals surface area contributed by atoms with E-state index in [9.17, 15) is 4.79 Å². The van der Waals surface area contributed by atoms with Crippen molar-refractivity contribution >= 4 is 11.8 Å². The monoisotopic (exact) mass is 225 g/mol. The lowest BCUT2D eigenvalue weighted by atomic mass is 10.3. The number of carboxylic acid groups (broad SMARTS) is 1. The van der Waals surface area contributed by atoms with Gasteiger partial charge in [-0.3, -0.25) is 4.79 Å². The highest BCUT2D eigenvalue weighted by molar-refractivity contribution is 5.66. The molecule has 0 bridgehead atoms. The van der Waals surface area contributed by atoms with E-state index in [4.69, 9.17) is 9.84 Å². The number of hydrogen-bond acceptors (Lipinski definition) is 5. The second-order valence-corrected chi connectivity index (χ2v) is 3.34. The number of ether oxygens (including phenoxy) is 1. The molecule has 16 heavy (non-hydrogen) atoms. The first-order valence-corrected chi connectivity index (χ1v) is 4.92. The molecule has 6 heteroatoms. The highest BCUT2D eigenvalue weighted by Crippen LogP contribution is 2.14. The Morgan fingerprint density at radius 1 is 1.56 bits per heavy atom. The number of aromatic nitrogens is 2. The summed E-state index contributed by atoms with van der Waals surface area (Å²) in [5, 5.41) is 8.51. The summed E-state index contributed by atoms with van der Waals surface area (Å²) in [5.41, 5.74) is 0. The zero-order chi connectivity index (χ0) is 12.0. The maximum Gasteiger partial charge on any atom is 0.303 e. The van der Waals surface area contributed by atoms with Crippen LogP contribution >= 0.6 is 0 Å². The number of carboxylic acids is 1. The van der Waals surface area contributed by atoms with Crippen molar-refractivity contribution in [1.29, 1.82) is 0 Å². The second-order valence-electron chi connectivity index (χ2n) is 3.34. The first-order chi connectivity index (χ1) is 7.63. The standard InChI is InChI=1S/C10H15N3O3/c1-13(5-3-4-10(14)15)8-6-9(16-2)12-7-11-8/h6-7H,3-5H2,1-2H3,(H,14,15). The van der Waals surface area contributed by atoms with E-state index in [0.717, 1.165) is 5.82 Å². The van der Waals surface area contributed by atoms with Crippen LogP contribution in [0.15, 0.2) is 12.4 Å². The Bertz CT molecular complexity index is 357. The molecule has 6 nitrogen and oxygen atoms in total. The van der Waals surface area contributed by atoms with Crippen LogP contribution in [0, 0.1) is 0 Å². The molecule has 1 heterocycles. The lowest BCUT2D eigenvalue weighted by Crippen LogP contribution is -2.20. The zero-order valence-corrected chi connectivity index (χ0v) is 9.38. The van der Waals surface area contributed by atoms with E-state index < -0.39 is 5.97 Å². The fourth-order valence-corrected chi connectivity index (χ4v) is 1.23. The van der Waals surface area contributed by atoms with Crippen molar-refractivity contribution in [2.75, 3.05) is 25.6 Å². The minimum absolute atomic E-state index is 0.159. The number of aliphatic carboxylic acids is 1. The van der Waals surface area contributed by atoms with E-state index >= 15 is 0 Å². The van der Waals surface area contributed by atoms with Gasteiger partial charge in [-0.25, -0.2) is 9.97 Å². The van der Waals surface area contributed by atoms with Crippen molar-refractivity contribution in [2.45, 2.75) is 12.8 Å². The van der Waals surface area contributed by atoms with E-state index in [0.29, 0.717) is 18.8 Å². The van der Waals surface area contributed by atoms with Crippen molar-refractivity contribution < 1.29 is 14.6 Å². The van der Waals surface area contributed by atoms with E-state index in [2.05, 4.69) is 9.97 Å². The van der Waals surface area contributed by atoms with Crippen molar-refractivity contribution in [2.24, 2.45) is 0 Å². The first-order valence-electron chi connectivity index (χ1n) is 4.92. The Hall–Kier alpha value is -1.85. The molecule has 0 unspecified atom stereocenters. The Labute approximate surface area is 93.9 Å². The van der Waals surface area contributed by atoms with Gasteiger partial charge in [0.15, 0.2) is 0 Å². The van der Waals surface area contributed by atoms with Crippen LogP contribution in [0.4, 0.5) is 5.82 Å². The molecular formula is C10H15N3O3. The van der Waals surface area contributed by atoms with Crippen molar-refractivity contribution in [3.05, 3.63) is 12.4 Å². The molecular weight excluding hydrogens is 210 g/mol. The minimum atomic E-state index is -0.784. The molecule has 0 aliphatic heterocycles. The highest BCUT2D eigenvalue weighted by atomic mass is 16.5. The lowest BCUT2D eigenvalue weighted by Gasteiger charge is -2.17. The molecule has 0 saturated heterocycles. The number of carbonyl (C=O) groups is 1. The fraction of sp³-hybridized carbons (Fsp3) is 0.500. The molecule has 1 N–H and O–H groups in total. The van der Waals surface area contributed by atoms with Gasteiger partial charge >= 0.3 is 5.97 Å². The van der Waals surface area contributed by atoms with Gasteiger partial charge < -0.3 is 14.7 Å². The van der Waals surface area contributed by atoms with Crippen LogP contribution in [0.25, 0.3) is 0 Å². The van der Waals surface area contributed by atoms with E-state index in [-0.39, 0.29) is 6.42 Å². The minimum Gasteiger partial charge on any atom is -0.481 e. The summed E-state index contributed by atoms with van der Waals surface area (Å²) in [4.78, 5) is 20.2. The maximum atomic E-state index is 10.4. The van der Waals surface area contributed by atoms with Crippen LogP contribution in [0.2, 0.25) is 0 Å². The molecule has 0 aromatic carbocycles. The van der Waals surface area contributed by atoms with Gasteiger partial charge in [0.2, 0.25) is 5.88 Å². The first kappa shape index (κ1) is 12.2. The van der Waals surface area contributed by atoms with Gasteiger partial charge in [0.1, 0.15) is 12.1 Å². The van der Waals surface area contributed by atoms with Gasteiger partial charge in [-0.1, -0.05) is 0 Å². The Kier molecular flexibility index (Phi) is 4.50. The van der Waals surface area contributed by atoms with Crippen molar-refractivity contribution in [3.8, 4) is 5.88 Å². The number of nitrogens with zero attached hydrogens (tertiary/aromatic N) is 3. The predicted octanol–water partition coefficient (Wildman–Crippen LogP) is 0.786. The molecule has 0 fully saturated rings. The van der Waals surface area contributed by atoms with Crippen LogP contribution in [0.1, 0.15) is 12.8 Å². The molecule has 0 aliphatic rings. The number of methoxy groups -OCH3 is 1. The van der Waals surface area contributed by atoms with Gasteiger partial charge in [-0.2, -0.15) is 0 Å². The molecule has 1 aromatic heterocycles. The topological polar surface area (TPSA) is 75.5 Å². The molecule has 0 saturated carbocycles. The summed E-state index contributed by atoms with van der Waals surface area (Å²) in [5.74, 6) is 0.431. The number of anilines is 1. The third kappa shape index (κ3) is 3.72. The van der Waals surface area contributed by atoms with Crippen LogP contribution in [-0.2, 0) is 4.79 Å². The van der Waals surface area contributed by atoms with E-state index in [1.54, 1.807) is 6.07 Å². The smallest absolute Gasteiger partial charge is 0.303 e. The second kappa shape index (κ2) is 5.89. The summed E-state index contributed by atoms with van der Waals surface area (Å²) in [6, 6.07) is 1.71. The Morgan fingerprint density at radius 2 is 2.31 bits per heavy atom. The third-order valence-electron chi connectivity index (χ3n) is 2.11. The van der Waals surface area contributed by atoms with Gasteiger partial charge in [-0.15, -0.1) is 0 Å². The molecule has 1 rings (SSSR count). The third-order valence-corrected chi connectivity index (χ3v) is 2.11. The van der Waals surface area contributed by atoms with Gasteiger partial charge in [-0.05, 0) is 6.42 Å².